The molecule has 2 aromatic heterocycles. The van der Waals surface area contributed by atoms with Crippen molar-refractivity contribution in [3.8, 4) is 0 Å². The second-order valence-electron chi connectivity index (χ2n) is 4.48. The molecule has 20 heavy (non-hydrogen) atoms. The Morgan fingerprint density at radius 2 is 2.05 bits per heavy atom. The van der Waals surface area contributed by atoms with Crippen molar-refractivity contribution in [2.24, 2.45) is 0 Å². The molecule has 0 saturated heterocycles. The largest absolute Gasteiger partial charge is 0.322 e. The molecule has 2 heterocycles. The fourth-order valence-electron chi connectivity index (χ4n) is 2.11. The first-order chi connectivity index (χ1) is 9.54. The van der Waals surface area contributed by atoms with Crippen LogP contribution >= 0.6 is 22.6 Å². The number of pyridine rings is 1. The van der Waals surface area contributed by atoms with Crippen molar-refractivity contribution in [3.63, 3.8) is 0 Å². The zero-order chi connectivity index (χ0) is 14.3. The van der Waals surface area contributed by atoms with Gasteiger partial charge in [-0.1, -0.05) is 6.07 Å². The van der Waals surface area contributed by atoms with Crippen molar-refractivity contribution < 1.29 is 8.78 Å². The maximum absolute atomic E-state index is 13.8. The van der Waals surface area contributed by atoms with Crippen LogP contribution in [0.15, 0.2) is 30.5 Å². The second kappa shape index (κ2) is 5.08. The normalized spacial score (nSPS) is 11.2. The molecule has 0 atom stereocenters. The van der Waals surface area contributed by atoms with E-state index in [-0.39, 0.29) is 0 Å². The molecule has 3 nitrogen and oxygen atoms in total. The maximum atomic E-state index is 13.8. The van der Waals surface area contributed by atoms with Gasteiger partial charge >= 0.3 is 0 Å². The van der Waals surface area contributed by atoms with Crippen LogP contribution < -0.4 is 0 Å². The third kappa shape index (κ3) is 2.39. The molecule has 6 heteroatoms. The predicted molar refractivity (Wildman–Crippen MR) is 80.4 cm³/mol. The van der Waals surface area contributed by atoms with E-state index in [0.717, 1.165) is 21.0 Å². The molecule has 102 valence electrons. The van der Waals surface area contributed by atoms with E-state index in [1.807, 2.05) is 17.6 Å². The van der Waals surface area contributed by atoms with Gasteiger partial charge in [-0.05, 0) is 41.6 Å². The summed E-state index contributed by atoms with van der Waals surface area (Å²) in [5, 5.41) is 0. The summed E-state index contributed by atoms with van der Waals surface area (Å²) in [6.07, 6.45) is 1.73. The van der Waals surface area contributed by atoms with Gasteiger partial charge in [0.05, 0.1) is 12.1 Å². The Morgan fingerprint density at radius 1 is 1.25 bits per heavy atom. The van der Waals surface area contributed by atoms with Crippen LogP contribution in [0.4, 0.5) is 8.78 Å². The summed E-state index contributed by atoms with van der Waals surface area (Å²) in [6, 6.07) is 5.56. The van der Waals surface area contributed by atoms with Gasteiger partial charge in [-0.3, -0.25) is 0 Å². The summed E-state index contributed by atoms with van der Waals surface area (Å²) in [5.41, 5.74) is 1.90. The van der Waals surface area contributed by atoms with Gasteiger partial charge in [0.25, 0.3) is 0 Å². The van der Waals surface area contributed by atoms with Crippen LogP contribution in [-0.2, 0) is 6.54 Å². The van der Waals surface area contributed by atoms with Crippen molar-refractivity contribution in [3.05, 3.63) is 57.1 Å². The summed E-state index contributed by atoms with van der Waals surface area (Å²) in [5.74, 6) is -0.377. The molecule has 1 aromatic carbocycles. The molecule has 0 saturated carbocycles. The van der Waals surface area contributed by atoms with Crippen molar-refractivity contribution in [1.82, 2.24) is 14.5 Å². The second-order valence-corrected chi connectivity index (χ2v) is 5.72. The first kappa shape index (κ1) is 13.4. The summed E-state index contributed by atoms with van der Waals surface area (Å²) < 4.78 is 29.6. The van der Waals surface area contributed by atoms with E-state index in [1.165, 1.54) is 12.1 Å². The Labute approximate surface area is 127 Å². The Morgan fingerprint density at radius 3 is 2.80 bits per heavy atom. The third-order valence-electron chi connectivity index (χ3n) is 3.11. The lowest BCUT2D eigenvalue weighted by Crippen LogP contribution is -2.04. The average Bonchev–Trinajstić information content (AvgIpc) is 2.69. The van der Waals surface area contributed by atoms with E-state index in [4.69, 9.17) is 0 Å². The lowest BCUT2D eigenvalue weighted by molar-refractivity contribution is 0.566. The minimum atomic E-state index is -0.574. The minimum absolute atomic E-state index is 0.302. The SMILES string of the molecule is Cc1nc2ncc(I)cc2n1Cc1ccc(F)cc1F. The standard InChI is InChI=1S/C14H10F2IN3/c1-8-19-14-13(5-11(17)6-18-14)20(8)7-9-2-3-10(15)4-12(9)16/h2-6H,7H2,1H3. The van der Waals surface area contributed by atoms with Crippen molar-refractivity contribution >= 4 is 33.8 Å². The van der Waals surface area contributed by atoms with Crippen LogP contribution in [0, 0.1) is 22.1 Å². The van der Waals surface area contributed by atoms with Crippen molar-refractivity contribution in [1.29, 1.82) is 0 Å². The highest BCUT2D eigenvalue weighted by molar-refractivity contribution is 14.1. The fraction of sp³-hybridized carbons (Fsp3) is 0.143. The van der Waals surface area contributed by atoms with Gasteiger partial charge in [0.15, 0.2) is 5.65 Å². The molecule has 0 spiro atoms. The summed E-state index contributed by atoms with van der Waals surface area (Å²) in [7, 11) is 0. The summed E-state index contributed by atoms with van der Waals surface area (Å²) in [4.78, 5) is 8.60. The van der Waals surface area contributed by atoms with Crippen molar-refractivity contribution in [2.45, 2.75) is 13.5 Å². The Hall–Kier alpha value is -1.57. The molecule has 0 amide bonds. The number of imidazole rings is 1. The van der Waals surface area contributed by atoms with Gasteiger partial charge in [-0.2, -0.15) is 0 Å². The van der Waals surface area contributed by atoms with E-state index in [0.29, 0.717) is 17.8 Å². The molecule has 0 aliphatic carbocycles. The average molecular weight is 385 g/mol. The van der Waals surface area contributed by atoms with Crippen LogP contribution in [0.25, 0.3) is 11.2 Å². The molecular weight excluding hydrogens is 375 g/mol. The summed E-state index contributed by atoms with van der Waals surface area (Å²) in [6.45, 7) is 2.15. The Balaban J connectivity index is 2.10. The van der Waals surface area contributed by atoms with Gasteiger partial charge < -0.3 is 4.57 Å². The fourth-order valence-corrected chi connectivity index (χ4v) is 2.55. The number of rotatable bonds is 2. The van der Waals surface area contributed by atoms with Crippen LogP contribution in [0.5, 0.6) is 0 Å². The first-order valence-electron chi connectivity index (χ1n) is 5.97. The van der Waals surface area contributed by atoms with Crippen LogP contribution in [0.2, 0.25) is 0 Å². The molecule has 3 rings (SSSR count). The van der Waals surface area contributed by atoms with Gasteiger partial charge in [0.2, 0.25) is 0 Å². The maximum Gasteiger partial charge on any atom is 0.177 e. The number of aromatic nitrogens is 3. The molecule has 3 aromatic rings. The van der Waals surface area contributed by atoms with Gasteiger partial charge in [0, 0.05) is 21.4 Å². The molecule has 0 fully saturated rings. The quantitative estimate of drug-likeness (QED) is 0.631. The van der Waals surface area contributed by atoms with Gasteiger partial charge in [-0.15, -0.1) is 0 Å². The minimum Gasteiger partial charge on any atom is -0.322 e. The smallest absolute Gasteiger partial charge is 0.177 e. The molecule has 0 unspecified atom stereocenters. The van der Waals surface area contributed by atoms with Crippen LogP contribution in [-0.4, -0.2) is 14.5 Å². The van der Waals surface area contributed by atoms with E-state index in [2.05, 4.69) is 32.6 Å². The third-order valence-corrected chi connectivity index (χ3v) is 3.70. The number of aryl methyl sites for hydroxylation is 1. The highest BCUT2D eigenvalue weighted by atomic mass is 127. The van der Waals surface area contributed by atoms with Gasteiger partial charge in [-0.25, -0.2) is 18.7 Å². The topological polar surface area (TPSA) is 30.7 Å². The number of hydrogen-bond acceptors (Lipinski definition) is 2. The zero-order valence-electron chi connectivity index (χ0n) is 10.6. The predicted octanol–water partition coefficient (Wildman–Crippen LogP) is 3.67. The lowest BCUT2D eigenvalue weighted by atomic mass is 10.2. The number of nitrogens with zero attached hydrogens (tertiary/aromatic N) is 3. The molecule has 0 aliphatic rings. The Kier molecular flexibility index (Phi) is 3.41. The highest BCUT2D eigenvalue weighted by Gasteiger charge is 2.12. The highest BCUT2D eigenvalue weighted by Crippen LogP contribution is 2.19. The molecule has 0 N–H and O–H groups in total. The van der Waals surface area contributed by atoms with Crippen LogP contribution in [0.3, 0.4) is 0 Å². The van der Waals surface area contributed by atoms with E-state index in [9.17, 15) is 8.78 Å². The van der Waals surface area contributed by atoms with Gasteiger partial charge in [0.1, 0.15) is 17.5 Å². The van der Waals surface area contributed by atoms with E-state index < -0.39 is 11.6 Å². The first-order valence-corrected chi connectivity index (χ1v) is 7.05. The van der Waals surface area contributed by atoms with E-state index >= 15 is 0 Å². The molecule has 0 radical (unpaired) electrons. The summed E-state index contributed by atoms with van der Waals surface area (Å²) >= 11 is 2.17. The molecular formula is C14H10F2IN3. The van der Waals surface area contributed by atoms with Crippen molar-refractivity contribution in [2.75, 3.05) is 0 Å². The monoisotopic (exact) mass is 385 g/mol. The van der Waals surface area contributed by atoms with E-state index in [1.54, 1.807) is 6.20 Å². The van der Waals surface area contributed by atoms with Crippen LogP contribution in [0.1, 0.15) is 11.4 Å². The molecule has 0 bridgehead atoms. The number of hydrogen-bond donors (Lipinski definition) is 0. The Bertz CT molecular complexity index is 798. The number of benzene rings is 1. The lowest BCUT2D eigenvalue weighted by Gasteiger charge is -2.08. The molecule has 0 aliphatic heterocycles. The zero-order valence-corrected chi connectivity index (χ0v) is 12.7. The number of halogens is 3. The number of fused-ring (bicyclic) bond motifs is 1.